The Hall–Kier alpha value is -2.07. The SMILES string of the molecule is C[C@@H]1C[C@@H]2c3cccc4c3c(c(Br)n4C)C(OCc3nc(-c4cncc(Br)c4)no3)[C@H]2N(C)C1. The van der Waals surface area contributed by atoms with E-state index in [0.29, 0.717) is 23.6 Å². The Morgan fingerprint density at radius 1 is 1.21 bits per heavy atom. The predicted octanol–water partition coefficient (Wildman–Crippen LogP) is 5.84. The van der Waals surface area contributed by atoms with Crippen molar-refractivity contribution in [2.75, 3.05) is 13.6 Å². The number of aromatic nitrogens is 4. The Labute approximate surface area is 214 Å². The highest BCUT2D eigenvalue weighted by atomic mass is 79.9. The normalized spacial score (nSPS) is 24.5. The number of halogens is 2. The number of fused-ring (bicyclic) bond motifs is 2. The van der Waals surface area contributed by atoms with Crippen molar-refractivity contribution in [3.8, 4) is 11.4 Å². The Morgan fingerprint density at radius 3 is 2.88 bits per heavy atom. The number of pyridine rings is 1. The summed E-state index contributed by atoms with van der Waals surface area (Å²) in [4.78, 5) is 11.2. The second-order valence-electron chi connectivity index (χ2n) is 9.52. The van der Waals surface area contributed by atoms with E-state index >= 15 is 0 Å². The molecule has 0 radical (unpaired) electrons. The Bertz CT molecular complexity index is 1380. The summed E-state index contributed by atoms with van der Waals surface area (Å²) >= 11 is 7.32. The Kier molecular flexibility index (Phi) is 5.63. The lowest BCUT2D eigenvalue weighted by molar-refractivity contribution is -0.0558. The van der Waals surface area contributed by atoms with Crippen molar-refractivity contribution in [2.45, 2.75) is 38.0 Å². The number of aryl methyl sites for hydroxylation is 1. The summed E-state index contributed by atoms with van der Waals surface area (Å²) < 4.78 is 16.4. The number of likely N-dealkylation sites (N-methyl/N-ethyl adjacent to an activating group) is 1. The minimum Gasteiger partial charge on any atom is -0.362 e. The fourth-order valence-corrected chi connectivity index (χ4v) is 6.87. The molecule has 2 aliphatic rings. The van der Waals surface area contributed by atoms with Crippen LogP contribution in [0.3, 0.4) is 0 Å². The summed E-state index contributed by atoms with van der Waals surface area (Å²) in [7, 11) is 4.32. The fourth-order valence-electron chi connectivity index (χ4n) is 5.89. The van der Waals surface area contributed by atoms with Gasteiger partial charge in [0.15, 0.2) is 0 Å². The van der Waals surface area contributed by atoms with Crippen LogP contribution in [0.2, 0.25) is 0 Å². The summed E-state index contributed by atoms with van der Waals surface area (Å²) in [5.74, 6) is 2.01. The molecule has 34 heavy (non-hydrogen) atoms. The van der Waals surface area contributed by atoms with Crippen molar-refractivity contribution in [2.24, 2.45) is 13.0 Å². The van der Waals surface area contributed by atoms with Gasteiger partial charge in [-0.3, -0.25) is 9.88 Å². The summed E-state index contributed by atoms with van der Waals surface area (Å²) in [6.45, 7) is 3.64. The largest absolute Gasteiger partial charge is 0.362 e. The summed E-state index contributed by atoms with van der Waals surface area (Å²) in [5.41, 5.74) is 4.67. The lowest BCUT2D eigenvalue weighted by Crippen LogP contribution is -2.50. The molecule has 9 heteroatoms. The third kappa shape index (κ3) is 3.56. The zero-order valence-electron chi connectivity index (χ0n) is 19.2. The first-order valence-corrected chi connectivity index (χ1v) is 13.0. The van der Waals surface area contributed by atoms with Crippen molar-refractivity contribution in [1.29, 1.82) is 0 Å². The molecular formula is C25H25Br2N5O2. The minimum absolute atomic E-state index is 0.113. The molecule has 1 unspecified atom stereocenters. The molecule has 0 saturated carbocycles. The van der Waals surface area contributed by atoms with Crippen molar-refractivity contribution < 1.29 is 9.26 Å². The van der Waals surface area contributed by atoms with Gasteiger partial charge in [0.25, 0.3) is 5.89 Å². The highest BCUT2D eigenvalue weighted by molar-refractivity contribution is 9.10. The number of nitrogens with zero attached hydrogens (tertiary/aromatic N) is 5. The quantitative estimate of drug-likeness (QED) is 0.299. The fraction of sp³-hybridized carbons (Fsp3) is 0.400. The number of ether oxygens (including phenoxy) is 1. The average molecular weight is 587 g/mol. The molecule has 1 saturated heterocycles. The Balaban J connectivity index is 1.37. The zero-order chi connectivity index (χ0) is 23.6. The van der Waals surface area contributed by atoms with Gasteiger partial charge in [-0.05, 0) is 68.9 Å². The average Bonchev–Trinajstić information content (AvgIpc) is 3.39. The third-order valence-corrected chi connectivity index (χ3v) is 8.60. The molecule has 176 valence electrons. The van der Waals surface area contributed by atoms with E-state index in [1.165, 1.54) is 22.0 Å². The first-order valence-electron chi connectivity index (χ1n) is 11.4. The van der Waals surface area contributed by atoms with Gasteiger partial charge >= 0.3 is 0 Å². The summed E-state index contributed by atoms with van der Waals surface area (Å²) in [6, 6.07) is 8.83. The van der Waals surface area contributed by atoms with Crippen LogP contribution in [0.1, 0.15) is 42.4 Å². The molecule has 4 heterocycles. The van der Waals surface area contributed by atoms with Crippen LogP contribution in [0.25, 0.3) is 22.3 Å². The van der Waals surface area contributed by atoms with Gasteiger partial charge < -0.3 is 13.8 Å². The van der Waals surface area contributed by atoms with E-state index in [-0.39, 0.29) is 18.8 Å². The van der Waals surface area contributed by atoms with E-state index in [2.05, 4.69) is 95.7 Å². The van der Waals surface area contributed by atoms with Gasteiger partial charge in [0.05, 0.1) is 4.60 Å². The van der Waals surface area contributed by atoms with Crippen molar-refractivity contribution >= 4 is 42.8 Å². The van der Waals surface area contributed by atoms with Crippen LogP contribution >= 0.6 is 31.9 Å². The van der Waals surface area contributed by atoms with E-state index in [1.54, 1.807) is 12.4 Å². The summed E-state index contributed by atoms with van der Waals surface area (Å²) in [5, 5.41) is 5.46. The first kappa shape index (κ1) is 22.4. The number of hydrogen-bond donors (Lipinski definition) is 0. The monoisotopic (exact) mass is 585 g/mol. The molecule has 3 aromatic heterocycles. The highest BCUT2D eigenvalue weighted by Gasteiger charge is 2.46. The highest BCUT2D eigenvalue weighted by Crippen LogP contribution is 2.52. The molecule has 0 bridgehead atoms. The van der Waals surface area contributed by atoms with Gasteiger partial charge in [0, 0.05) is 64.4 Å². The number of likely N-dealkylation sites (tertiary alicyclic amines) is 1. The minimum atomic E-state index is -0.113. The molecular weight excluding hydrogens is 562 g/mol. The molecule has 1 aromatic carbocycles. The smallest absolute Gasteiger partial charge is 0.252 e. The van der Waals surface area contributed by atoms with Crippen LogP contribution in [0.15, 0.2) is 50.3 Å². The van der Waals surface area contributed by atoms with Gasteiger partial charge in [0.2, 0.25) is 5.82 Å². The summed E-state index contributed by atoms with van der Waals surface area (Å²) in [6.07, 6.45) is 4.49. The Morgan fingerprint density at radius 2 is 2.06 bits per heavy atom. The van der Waals surface area contributed by atoms with Crippen LogP contribution in [-0.2, 0) is 18.4 Å². The number of hydrogen-bond acceptors (Lipinski definition) is 6. The van der Waals surface area contributed by atoms with Gasteiger partial charge in [0.1, 0.15) is 12.7 Å². The molecule has 7 nitrogen and oxygen atoms in total. The molecule has 1 aliphatic carbocycles. The molecule has 0 N–H and O–H groups in total. The second-order valence-corrected chi connectivity index (χ2v) is 11.2. The van der Waals surface area contributed by atoms with Gasteiger partial charge in [-0.1, -0.05) is 24.2 Å². The van der Waals surface area contributed by atoms with Gasteiger partial charge in [-0.25, -0.2) is 0 Å². The molecule has 6 rings (SSSR count). The van der Waals surface area contributed by atoms with E-state index in [4.69, 9.17) is 9.26 Å². The van der Waals surface area contributed by atoms with Crippen LogP contribution in [0.4, 0.5) is 0 Å². The van der Waals surface area contributed by atoms with Gasteiger partial charge in [-0.15, -0.1) is 0 Å². The maximum Gasteiger partial charge on any atom is 0.252 e. The molecule has 0 spiro atoms. The lowest BCUT2D eigenvalue weighted by Gasteiger charge is -2.48. The van der Waals surface area contributed by atoms with Crippen molar-refractivity contribution in [3.05, 3.63) is 62.8 Å². The molecule has 1 fully saturated rings. The maximum atomic E-state index is 6.65. The van der Waals surface area contributed by atoms with Crippen molar-refractivity contribution in [3.63, 3.8) is 0 Å². The van der Waals surface area contributed by atoms with Crippen LogP contribution < -0.4 is 0 Å². The van der Waals surface area contributed by atoms with Crippen LogP contribution in [0, 0.1) is 5.92 Å². The maximum absolute atomic E-state index is 6.65. The van der Waals surface area contributed by atoms with Gasteiger partial charge in [-0.2, -0.15) is 4.98 Å². The second kappa shape index (κ2) is 8.55. The van der Waals surface area contributed by atoms with E-state index in [9.17, 15) is 0 Å². The predicted molar refractivity (Wildman–Crippen MR) is 136 cm³/mol. The lowest BCUT2D eigenvalue weighted by atomic mass is 9.71. The van der Waals surface area contributed by atoms with E-state index < -0.39 is 0 Å². The van der Waals surface area contributed by atoms with E-state index in [0.717, 1.165) is 27.6 Å². The topological polar surface area (TPSA) is 69.2 Å². The van der Waals surface area contributed by atoms with Crippen molar-refractivity contribution in [1.82, 2.24) is 24.6 Å². The molecule has 4 atom stereocenters. The zero-order valence-corrected chi connectivity index (χ0v) is 22.4. The first-order chi connectivity index (χ1) is 16.4. The van der Waals surface area contributed by atoms with E-state index in [1.807, 2.05) is 6.07 Å². The number of rotatable bonds is 4. The molecule has 0 amide bonds. The molecule has 4 aromatic rings. The van der Waals surface area contributed by atoms with Crippen LogP contribution in [-0.4, -0.2) is 44.2 Å². The number of piperidine rings is 1. The number of benzene rings is 1. The molecule has 1 aliphatic heterocycles. The standard InChI is InChI=1S/C25H25Br2N5O2/c1-13-7-17-16-5-4-6-18-20(16)21(24(27)32(18)3)23(22(17)31(2)11-13)33-12-19-29-25(30-34-19)14-8-15(26)10-28-9-14/h4-6,8-10,13,17,22-23H,7,11-12H2,1-3H3/t13-,17-,22+,23?/m1/s1. The van der Waals surface area contributed by atoms with Crippen LogP contribution in [0.5, 0.6) is 0 Å². The third-order valence-electron chi connectivity index (χ3n) is 7.21.